The van der Waals surface area contributed by atoms with Crippen LogP contribution >= 0.6 is 11.8 Å². The summed E-state index contributed by atoms with van der Waals surface area (Å²) < 4.78 is 11.5. The summed E-state index contributed by atoms with van der Waals surface area (Å²) in [5, 5.41) is 12.1. The van der Waals surface area contributed by atoms with Crippen LogP contribution in [-0.2, 0) is 14.9 Å². The van der Waals surface area contributed by atoms with Crippen molar-refractivity contribution < 1.29 is 13.9 Å². The van der Waals surface area contributed by atoms with Gasteiger partial charge < -0.3 is 14.5 Å². The van der Waals surface area contributed by atoms with Crippen LogP contribution in [-0.4, -0.2) is 41.1 Å². The van der Waals surface area contributed by atoms with Gasteiger partial charge in [0, 0.05) is 18.6 Å². The van der Waals surface area contributed by atoms with Gasteiger partial charge in [-0.2, -0.15) is 0 Å². The van der Waals surface area contributed by atoms with Crippen molar-refractivity contribution in [3.63, 3.8) is 0 Å². The second-order valence-corrected chi connectivity index (χ2v) is 9.91. The lowest BCUT2D eigenvalue weighted by atomic mass is 9.49. The van der Waals surface area contributed by atoms with Crippen LogP contribution in [0.5, 0.6) is 0 Å². The van der Waals surface area contributed by atoms with Crippen LogP contribution in [0.2, 0.25) is 0 Å². The number of hydrogen-bond acceptors (Lipinski definition) is 6. The molecule has 4 bridgehead atoms. The SMILES string of the molecule is CC(C)OCCCNC(=O)CSc1nnc(C23CC4CC(CC(C4)C2)C3)o1. The van der Waals surface area contributed by atoms with Crippen molar-refractivity contribution >= 4 is 17.7 Å². The first-order valence-corrected chi connectivity index (χ1v) is 11.4. The molecule has 5 rings (SSSR count). The Balaban J connectivity index is 1.24. The summed E-state index contributed by atoms with van der Waals surface area (Å²) in [4.78, 5) is 12.0. The minimum Gasteiger partial charge on any atom is -0.415 e. The Morgan fingerprint density at radius 1 is 1.22 bits per heavy atom. The molecular formula is C20H31N3O3S. The van der Waals surface area contributed by atoms with Crippen molar-refractivity contribution in [1.29, 1.82) is 0 Å². The molecule has 1 N–H and O–H groups in total. The normalized spacial score (nSPS) is 31.6. The molecule has 4 saturated carbocycles. The fraction of sp³-hybridized carbons (Fsp3) is 0.850. The first kappa shape index (κ1) is 19.2. The summed E-state index contributed by atoms with van der Waals surface area (Å²) in [5.41, 5.74) is 0.124. The van der Waals surface area contributed by atoms with Crippen LogP contribution in [0.25, 0.3) is 0 Å². The number of nitrogens with zero attached hydrogens (tertiary/aromatic N) is 2. The number of amides is 1. The number of hydrogen-bond donors (Lipinski definition) is 1. The Bertz CT molecular complexity index is 625. The fourth-order valence-corrected chi connectivity index (χ4v) is 6.25. The van der Waals surface area contributed by atoms with E-state index in [4.69, 9.17) is 9.15 Å². The third-order valence-electron chi connectivity index (χ3n) is 6.32. The highest BCUT2D eigenvalue weighted by Gasteiger charge is 2.54. The molecule has 0 spiro atoms. The fourth-order valence-electron chi connectivity index (χ4n) is 5.65. The number of carbonyl (C=O) groups excluding carboxylic acids is 1. The third kappa shape index (κ3) is 4.50. The van der Waals surface area contributed by atoms with E-state index in [0.29, 0.717) is 24.1 Å². The Morgan fingerprint density at radius 3 is 2.52 bits per heavy atom. The van der Waals surface area contributed by atoms with E-state index in [1.54, 1.807) is 0 Å². The van der Waals surface area contributed by atoms with Crippen molar-refractivity contribution in [2.45, 2.75) is 75.5 Å². The molecule has 0 atom stereocenters. The molecule has 4 aliphatic rings. The zero-order chi connectivity index (χ0) is 18.9. The van der Waals surface area contributed by atoms with Crippen LogP contribution in [0.1, 0.15) is 64.7 Å². The van der Waals surface area contributed by atoms with E-state index in [1.807, 2.05) is 13.8 Å². The minimum atomic E-state index is -0.000832. The van der Waals surface area contributed by atoms with Crippen LogP contribution < -0.4 is 5.32 Å². The Kier molecular flexibility index (Phi) is 5.78. The molecule has 4 fully saturated rings. The van der Waals surface area contributed by atoms with E-state index >= 15 is 0 Å². The molecule has 1 heterocycles. The van der Waals surface area contributed by atoms with Crippen molar-refractivity contribution in [3.05, 3.63) is 5.89 Å². The number of aromatic nitrogens is 2. The summed E-state index contributed by atoms with van der Waals surface area (Å²) in [5.74, 6) is 3.70. The van der Waals surface area contributed by atoms with Crippen molar-refractivity contribution in [2.24, 2.45) is 17.8 Å². The number of carbonyl (C=O) groups is 1. The maximum atomic E-state index is 12.0. The van der Waals surface area contributed by atoms with Gasteiger partial charge in [0.1, 0.15) is 0 Å². The van der Waals surface area contributed by atoms with Gasteiger partial charge in [-0.05, 0) is 76.5 Å². The number of rotatable bonds is 9. The molecular weight excluding hydrogens is 362 g/mol. The largest absolute Gasteiger partial charge is 0.415 e. The molecule has 0 radical (unpaired) electrons. The predicted octanol–water partition coefficient (Wildman–Crippen LogP) is 3.56. The highest BCUT2D eigenvalue weighted by atomic mass is 32.2. The van der Waals surface area contributed by atoms with Gasteiger partial charge in [0.25, 0.3) is 5.22 Å². The lowest BCUT2D eigenvalue weighted by molar-refractivity contribution is -0.118. The van der Waals surface area contributed by atoms with Gasteiger partial charge in [-0.3, -0.25) is 4.79 Å². The molecule has 7 heteroatoms. The molecule has 0 aliphatic heterocycles. The summed E-state index contributed by atoms with van der Waals surface area (Å²) in [7, 11) is 0. The first-order chi connectivity index (χ1) is 13.0. The lowest BCUT2D eigenvalue weighted by Gasteiger charge is -2.55. The zero-order valence-corrected chi connectivity index (χ0v) is 17.2. The molecule has 1 aromatic heterocycles. The average molecular weight is 394 g/mol. The van der Waals surface area contributed by atoms with E-state index in [9.17, 15) is 4.79 Å². The van der Waals surface area contributed by atoms with E-state index in [0.717, 1.165) is 30.1 Å². The quantitative estimate of drug-likeness (QED) is 0.511. The smallest absolute Gasteiger partial charge is 0.277 e. The average Bonchev–Trinajstić information content (AvgIpc) is 3.08. The van der Waals surface area contributed by atoms with Gasteiger partial charge in [0.2, 0.25) is 11.8 Å². The summed E-state index contributed by atoms with van der Waals surface area (Å²) in [6, 6.07) is 0. The van der Waals surface area contributed by atoms with Crippen molar-refractivity contribution in [3.8, 4) is 0 Å². The van der Waals surface area contributed by atoms with Gasteiger partial charge in [-0.15, -0.1) is 10.2 Å². The minimum absolute atomic E-state index is 0.000832. The Labute approximate surface area is 165 Å². The maximum Gasteiger partial charge on any atom is 0.277 e. The van der Waals surface area contributed by atoms with Gasteiger partial charge in [-0.1, -0.05) is 11.8 Å². The number of nitrogens with one attached hydrogen (secondary N) is 1. The van der Waals surface area contributed by atoms with E-state index in [1.165, 1.54) is 50.3 Å². The van der Waals surface area contributed by atoms with Crippen LogP contribution in [0.4, 0.5) is 0 Å². The Morgan fingerprint density at radius 2 is 1.89 bits per heavy atom. The molecule has 27 heavy (non-hydrogen) atoms. The second-order valence-electron chi connectivity index (χ2n) is 8.98. The van der Waals surface area contributed by atoms with E-state index in [-0.39, 0.29) is 17.4 Å². The highest BCUT2D eigenvalue weighted by molar-refractivity contribution is 7.99. The lowest BCUT2D eigenvalue weighted by Crippen LogP contribution is -2.48. The summed E-state index contributed by atoms with van der Waals surface area (Å²) in [6.07, 6.45) is 8.90. The molecule has 0 unspecified atom stereocenters. The van der Waals surface area contributed by atoms with E-state index in [2.05, 4.69) is 15.5 Å². The topological polar surface area (TPSA) is 77.2 Å². The van der Waals surface area contributed by atoms with Crippen LogP contribution in [0.3, 0.4) is 0 Å². The van der Waals surface area contributed by atoms with Crippen molar-refractivity contribution in [2.75, 3.05) is 18.9 Å². The van der Waals surface area contributed by atoms with Gasteiger partial charge >= 0.3 is 0 Å². The maximum absolute atomic E-state index is 12.0. The van der Waals surface area contributed by atoms with Gasteiger partial charge in [-0.25, -0.2) is 0 Å². The highest BCUT2D eigenvalue weighted by Crippen LogP contribution is 2.60. The Hall–Kier alpha value is -1.08. The summed E-state index contributed by atoms with van der Waals surface area (Å²) in [6.45, 7) is 5.33. The van der Waals surface area contributed by atoms with E-state index < -0.39 is 0 Å². The molecule has 4 aliphatic carbocycles. The van der Waals surface area contributed by atoms with Crippen molar-refractivity contribution in [1.82, 2.24) is 15.5 Å². The molecule has 150 valence electrons. The number of thioether (sulfide) groups is 1. The van der Waals surface area contributed by atoms with Crippen LogP contribution in [0, 0.1) is 17.8 Å². The third-order valence-corrected chi connectivity index (χ3v) is 7.14. The molecule has 1 amide bonds. The summed E-state index contributed by atoms with van der Waals surface area (Å²) >= 11 is 1.34. The van der Waals surface area contributed by atoms with Crippen LogP contribution in [0.15, 0.2) is 9.64 Å². The predicted molar refractivity (Wildman–Crippen MR) is 104 cm³/mol. The molecule has 1 aromatic rings. The van der Waals surface area contributed by atoms with Gasteiger partial charge in [0.15, 0.2) is 0 Å². The number of ether oxygens (including phenoxy) is 1. The molecule has 6 nitrogen and oxygen atoms in total. The monoisotopic (exact) mass is 393 g/mol. The van der Waals surface area contributed by atoms with Gasteiger partial charge in [0.05, 0.1) is 11.9 Å². The molecule has 0 aromatic carbocycles. The second kappa shape index (κ2) is 8.11. The first-order valence-electron chi connectivity index (χ1n) is 10.4. The molecule has 0 saturated heterocycles. The standard InChI is InChI=1S/C20H31N3O3S/c1-13(2)25-5-3-4-21-17(24)12-27-19-23-22-18(26-19)20-9-14-6-15(10-20)8-16(7-14)11-20/h13-16H,3-12H2,1-2H3,(H,21,24). The zero-order valence-electron chi connectivity index (χ0n) is 16.4.